The van der Waals surface area contributed by atoms with Gasteiger partial charge >= 0.3 is 0 Å². The third-order valence-corrected chi connectivity index (χ3v) is 1.79. The van der Waals surface area contributed by atoms with Crippen LogP contribution in [0.2, 0.25) is 0 Å². The van der Waals surface area contributed by atoms with E-state index in [1.54, 1.807) is 20.8 Å². The van der Waals surface area contributed by atoms with E-state index in [-0.39, 0.29) is 5.91 Å². The van der Waals surface area contributed by atoms with Crippen molar-refractivity contribution in [1.82, 2.24) is 9.78 Å². The van der Waals surface area contributed by atoms with Gasteiger partial charge in [0, 0.05) is 0 Å². The SMILES string of the molecule is Cc1c(N)cnn1C(=O)C(C)(C)N. The molecule has 0 aliphatic heterocycles. The number of hydrogen-bond donors (Lipinski definition) is 2. The smallest absolute Gasteiger partial charge is 0.266 e. The summed E-state index contributed by atoms with van der Waals surface area (Å²) in [4.78, 5) is 11.6. The largest absolute Gasteiger partial charge is 0.396 e. The van der Waals surface area contributed by atoms with E-state index in [4.69, 9.17) is 11.5 Å². The zero-order valence-electron chi connectivity index (χ0n) is 8.03. The molecule has 5 heteroatoms. The molecule has 1 aromatic heterocycles. The molecule has 0 saturated carbocycles. The first kappa shape index (κ1) is 9.73. The molecule has 0 aliphatic carbocycles. The maximum absolute atomic E-state index is 11.6. The van der Waals surface area contributed by atoms with Crippen molar-refractivity contribution in [2.45, 2.75) is 26.3 Å². The minimum atomic E-state index is -0.927. The van der Waals surface area contributed by atoms with Gasteiger partial charge < -0.3 is 11.5 Å². The third-order valence-electron chi connectivity index (χ3n) is 1.79. The molecule has 0 saturated heterocycles. The molecule has 0 spiro atoms. The molecule has 0 radical (unpaired) electrons. The Hall–Kier alpha value is -1.36. The monoisotopic (exact) mass is 182 g/mol. The van der Waals surface area contributed by atoms with Gasteiger partial charge in [-0.2, -0.15) is 5.10 Å². The average molecular weight is 182 g/mol. The molecule has 13 heavy (non-hydrogen) atoms. The molecular formula is C8H14N4O. The number of hydrogen-bond acceptors (Lipinski definition) is 4. The Morgan fingerprint density at radius 3 is 2.46 bits per heavy atom. The van der Waals surface area contributed by atoms with Gasteiger partial charge in [0.25, 0.3) is 5.91 Å². The summed E-state index contributed by atoms with van der Waals surface area (Å²) < 4.78 is 1.23. The van der Waals surface area contributed by atoms with Gasteiger partial charge in [0.05, 0.1) is 23.1 Å². The quantitative estimate of drug-likeness (QED) is 0.647. The van der Waals surface area contributed by atoms with E-state index >= 15 is 0 Å². The number of nitrogen functional groups attached to an aromatic ring is 1. The number of anilines is 1. The fourth-order valence-electron chi connectivity index (χ4n) is 0.900. The van der Waals surface area contributed by atoms with Crippen LogP contribution in [-0.2, 0) is 0 Å². The summed E-state index contributed by atoms with van der Waals surface area (Å²) in [5.41, 5.74) is 11.4. The van der Waals surface area contributed by atoms with Crippen LogP contribution in [-0.4, -0.2) is 21.2 Å². The first-order chi connectivity index (χ1) is 5.84. The number of nitrogens with two attached hydrogens (primary N) is 2. The summed E-state index contributed by atoms with van der Waals surface area (Å²) in [7, 11) is 0. The fourth-order valence-corrected chi connectivity index (χ4v) is 0.900. The zero-order valence-corrected chi connectivity index (χ0v) is 8.03. The minimum absolute atomic E-state index is 0.262. The maximum Gasteiger partial charge on any atom is 0.266 e. The Bertz CT molecular complexity index is 334. The molecule has 0 unspecified atom stereocenters. The van der Waals surface area contributed by atoms with Crippen molar-refractivity contribution >= 4 is 11.6 Å². The number of rotatable bonds is 1. The van der Waals surface area contributed by atoms with Crippen molar-refractivity contribution in [3.05, 3.63) is 11.9 Å². The molecule has 1 rings (SSSR count). The van der Waals surface area contributed by atoms with Crippen molar-refractivity contribution in [1.29, 1.82) is 0 Å². The van der Waals surface area contributed by atoms with E-state index in [1.165, 1.54) is 10.9 Å². The summed E-state index contributed by atoms with van der Waals surface area (Å²) in [5, 5.41) is 3.84. The highest BCUT2D eigenvalue weighted by Crippen LogP contribution is 2.11. The molecule has 5 nitrogen and oxygen atoms in total. The van der Waals surface area contributed by atoms with Crippen molar-refractivity contribution < 1.29 is 4.79 Å². The van der Waals surface area contributed by atoms with Crippen LogP contribution >= 0.6 is 0 Å². The van der Waals surface area contributed by atoms with Gasteiger partial charge in [-0.15, -0.1) is 0 Å². The predicted octanol–water partition coefficient (Wildman–Crippen LogP) is 0.151. The molecule has 0 aliphatic rings. The molecule has 0 aromatic carbocycles. The molecule has 0 amide bonds. The molecular weight excluding hydrogens is 168 g/mol. The number of aromatic nitrogens is 2. The van der Waals surface area contributed by atoms with Gasteiger partial charge in [-0.25, -0.2) is 4.68 Å². The second kappa shape index (κ2) is 2.85. The van der Waals surface area contributed by atoms with Crippen LogP contribution in [0.15, 0.2) is 6.20 Å². The first-order valence-electron chi connectivity index (χ1n) is 3.98. The maximum atomic E-state index is 11.6. The Labute approximate surface area is 76.7 Å². The number of carbonyl (C=O) groups is 1. The zero-order chi connectivity index (χ0) is 10.2. The van der Waals surface area contributed by atoms with Crippen LogP contribution in [0.4, 0.5) is 5.69 Å². The van der Waals surface area contributed by atoms with E-state index in [9.17, 15) is 4.79 Å². The third kappa shape index (κ3) is 1.70. The average Bonchev–Trinajstić information content (AvgIpc) is 2.30. The summed E-state index contributed by atoms with van der Waals surface area (Å²) in [5.74, 6) is -0.262. The van der Waals surface area contributed by atoms with Gasteiger partial charge in [-0.1, -0.05) is 0 Å². The molecule has 0 atom stereocenters. The Morgan fingerprint density at radius 1 is 1.62 bits per heavy atom. The highest BCUT2D eigenvalue weighted by atomic mass is 16.2. The Balaban J connectivity index is 3.10. The number of carbonyl (C=O) groups excluding carboxylic acids is 1. The fraction of sp³-hybridized carbons (Fsp3) is 0.500. The van der Waals surface area contributed by atoms with Crippen molar-refractivity contribution in [2.75, 3.05) is 5.73 Å². The van der Waals surface area contributed by atoms with Crippen LogP contribution in [0.25, 0.3) is 0 Å². The minimum Gasteiger partial charge on any atom is -0.396 e. The molecule has 1 aromatic rings. The second-order valence-corrected chi connectivity index (χ2v) is 3.62. The summed E-state index contributed by atoms with van der Waals surface area (Å²) in [6, 6.07) is 0. The molecule has 1 heterocycles. The predicted molar refractivity (Wildman–Crippen MR) is 50.3 cm³/mol. The van der Waals surface area contributed by atoms with Crippen molar-refractivity contribution in [2.24, 2.45) is 5.73 Å². The molecule has 4 N–H and O–H groups in total. The lowest BCUT2D eigenvalue weighted by molar-refractivity contribution is 0.0807. The Morgan fingerprint density at radius 2 is 2.15 bits per heavy atom. The lowest BCUT2D eigenvalue weighted by atomic mass is 10.1. The van der Waals surface area contributed by atoms with Gasteiger partial charge in [-0.05, 0) is 20.8 Å². The summed E-state index contributed by atoms with van der Waals surface area (Å²) >= 11 is 0. The molecule has 0 bridgehead atoms. The summed E-state index contributed by atoms with van der Waals surface area (Å²) in [6.07, 6.45) is 1.44. The normalized spacial score (nSPS) is 11.7. The van der Waals surface area contributed by atoms with Gasteiger partial charge in [0.15, 0.2) is 0 Å². The van der Waals surface area contributed by atoms with Gasteiger partial charge in [-0.3, -0.25) is 4.79 Å². The summed E-state index contributed by atoms with van der Waals surface area (Å²) in [6.45, 7) is 4.99. The van der Waals surface area contributed by atoms with E-state index in [1.807, 2.05) is 0 Å². The molecule has 72 valence electrons. The van der Waals surface area contributed by atoms with E-state index < -0.39 is 5.54 Å². The lowest BCUT2D eigenvalue weighted by Crippen LogP contribution is -2.45. The van der Waals surface area contributed by atoms with Crippen LogP contribution in [0.1, 0.15) is 24.3 Å². The van der Waals surface area contributed by atoms with E-state index in [0.717, 1.165) is 0 Å². The van der Waals surface area contributed by atoms with Gasteiger partial charge in [0.2, 0.25) is 0 Å². The van der Waals surface area contributed by atoms with Gasteiger partial charge in [0.1, 0.15) is 0 Å². The Kier molecular flexibility index (Phi) is 2.13. The van der Waals surface area contributed by atoms with Crippen LogP contribution in [0.5, 0.6) is 0 Å². The first-order valence-corrected chi connectivity index (χ1v) is 3.98. The van der Waals surface area contributed by atoms with Crippen molar-refractivity contribution in [3.8, 4) is 0 Å². The van der Waals surface area contributed by atoms with E-state index in [2.05, 4.69) is 5.10 Å². The lowest BCUT2D eigenvalue weighted by Gasteiger charge is -2.16. The van der Waals surface area contributed by atoms with Crippen LogP contribution in [0.3, 0.4) is 0 Å². The van der Waals surface area contributed by atoms with Crippen molar-refractivity contribution in [3.63, 3.8) is 0 Å². The highest BCUT2D eigenvalue weighted by molar-refractivity contribution is 5.87. The standard InChI is InChI=1S/C8H14N4O/c1-5-6(9)4-11-12(5)7(13)8(2,3)10/h4H,9-10H2,1-3H3. The topological polar surface area (TPSA) is 86.9 Å². The number of nitrogens with zero attached hydrogens (tertiary/aromatic N) is 2. The molecule has 0 fully saturated rings. The van der Waals surface area contributed by atoms with Crippen LogP contribution in [0, 0.1) is 6.92 Å². The van der Waals surface area contributed by atoms with E-state index in [0.29, 0.717) is 11.4 Å². The van der Waals surface area contributed by atoms with Crippen LogP contribution < -0.4 is 11.5 Å². The highest BCUT2D eigenvalue weighted by Gasteiger charge is 2.25. The second-order valence-electron chi connectivity index (χ2n) is 3.62.